The molecule has 34 heavy (non-hydrogen) atoms. The van der Waals surface area contributed by atoms with E-state index in [1.54, 1.807) is 48.5 Å². The minimum atomic E-state index is -0.353. The molecule has 0 amide bonds. The van der Waals surface area contributed by atoms with Crippen molar-refractivity contribution in [1.82, 2.24) is 9.66 Å². The summed E-state index contributed by atoms with van der Waals surface area (Å²) in [6, 6.07) is 17.1. The predicted octanol–water partition coefficient (Wildman–Crippen LogP) is 5.89. The molecular formula is C26H23BrFN3O3. The van der Waals surface area contributed by atoms with Crippen molar-refractivity contribution in [2.75, 3.05) is 7.11 Å². The lowest BCUT2D eigenvalue weighted by molar-refractivity contribution is 0.279. The Hall–Kier alpha value is -3.52. The Labute approximate surface area is 204 Å². The van der Waals surface area contributed by atoms with Crippen molar-refractivity contribution in [3.63, 3.8) is 0 Å². The molecule has 0 fully saturated rings. The van der Waals surface area contributed by atoms with Gasteiger partial charge in [0.15, 0.2) is 11.5 Å². The number of para-hydroxylation sites is 1. The molecule has 0 N–H and O–H groups in total. The molecule has 3 aromatic carbocycles. The number of nitrogens with zero attached hydrogens (tertiary/aromatic N) is 3. The Morgan fingerprint density at radius 3 is 2.68 bits per heavy atom. The van der Waals surface area contributed by atoms with Gasteiger partial charge >= 0.3 is 0 Å². The van der Waals surface area contributed by atoms with Gasteiger partial charge in [0, 0.05) is 21.5 Å². The van der Waals surface area contributed by atoms with Crippen LogP contribution in [0.25, 0.3) is 10.9 Å². The quantitative estimate of drug-likeness (QED) is 0.283. The molecule has 8 heteroatoms. The molecule has 0 bridgehead atoms. The van der Waals surface area contributed by atoms with Crippen molar-refractivity contribution in [3.8, 4) is 11.5 Å². The molecule has 0 aliphatic heterocycles. The average molecular weight is 524 g/mol. The standard InChI is InChI=1S/C26H23BrFN3O3/c1-16(2)25-30-22-12-11-19(27)13-20(22)26(32)31(25)29-14-17-8-6-10-23(33-3)24(17)34-15-18-7-4-5-9-21(18)28/h4-14,16H,15H2,1-3H3. The van der Waals surface area contributed by atoms with Crippen LogP contribution in [-0.2, 0) is 6.61 Å². The summed E-state index contributed by atoms with van der Waals surface area (Å²) in [7, 11) is 1.53. The van der Waals surface area contributed by atoms with E-state index in [2.05, 4.69) is 26.0 Å². The van der Waals surface area contributed by atoms with Gasteiger partial charge < -0.3 is 9.47 Å². The molecule has 0 saturated heterocycles. The first-order valence-corrected chi connectivity index (χ1v) is 11.5. The molecule has 4 rings (SSSR count). The zero-order valence-electron chi connectivity index (χ0n) is 19.0. The number of rotatable bonds is 7. The lowest BCUT2D eigenvalue weighted by atomic mass is 10.2. The largest absolute Gasteiger partial charge is 0.493 e. The highest BCUT2D eigenvalue weighted by Gasteiger charge is 2.15. The second kappa shape index (κ2) is 10.2. The van der Waals surface area contributed by atoms with E-state index in [1.807, 2.05) is 19.9 Å². The van der Waals surface area contributed by atoms with Crippen LogP contribution in [0.5, 0.6) is 11.5 Å². The van der Waals surface area contributed by atoms with E-state index in [-0.39, 0.29) is 23.9 Å². The van der Waals surface area contributed by atoms with Crippen LogP contribution in [0.1, 0.15) is 36.7 Å². The van der Waals surface area contributed by atoms with Gasteiger partial charge in [0.25, 0.3) is 5.56 Å². The maximum atomic E-state index is 14.1. The van der Waals surface area contributed by atoms with Gasteiger partial charge in [-0.2, -0.15) is 9.78 Å². The molecule has 0 saturated carbocycles. The Kier molecular flexibility index (Phi) is 7.07. The average Bonchev–Trinajstić information content (AvgIpc) is 2.83. The van der Waals surface area contributed by atoms with Gasteiger partial charge in [0.1, 0.15) is 18.2 Å². The SMILES string of the molecule is COc1cccc(C=Nn2c(C(C)C)nc3ccc(Br)cc3c2=O)c1OCc1ccccc1F. The van der Waals surface area contributed by atoms with Crippen LogP contribution in [0.15, 0.2) is 75.0 Å². The van der Waals surface area contributed by atoms with E-state index in [0.29, 0.717) is 39.4 Å². The third-order valence-electron chi connectivity index (χ3n) is 5.22. The summed E-state index contributed by atoms with van der Waals surface area (Å²) in [6.07, 6.45) is 1.53. The number of methoxy groups -OCH3 is 1. The van der Waals surface area contributed by atoms with Crippen molar-refractivity contribution >= 4 is 33.0 Å². The van der Waals surface area contributed by atoms with Crippen molar-refractivity contribution in [2.45, 2.75) is 26.4 Å². The number of ether oxygens (including phenoxy) is 2. The molecule has 4 aromatic rings. The number of benzene rings is 3. The first-order chi connectivity index (χ1) is 16.4. The van der Waals surface area contributed by atoms with E-state index in [1.165, 1.54) is 24.1 Å². The summed E-state index contributed by atoms with van der Waals surface area (Å²) in [5, 5.41) is 4.93. The summed E-state index contributed by atoms with van der Waals surface area (Å²) in [4.78, 5) is 17.9. The zero-order valence-corrected chi connectivity index (χ0v) is 20.5. The van der Waals surface area contributed by atoms with E-state index in [4.69, 9.17) is 9.47 Å². The lowest BCUT2D eigenvalue weighted by Crippen LogP contribution is -2.23. The van der Waals surface area contributed by atoms with Crippen LogP contribution < -0.4 is 15.0 Å². The number of hydrogen-bond acceptors (Lipinski definition) is 5. The highest BCUT2D eigenvalue weighted by molar-refractivity contribution is 9.10. The van der Waals surface area contributed by atoms with Gasteiger partial charge in [-0.05, 0) is 36.4 Å². The van der Waals surface area contributed by atoms with Crippen molar-refractivity contribution < 1.29 is 13.9 Å². The molecular weight excluding hydrogens is 501 g/mol. The number of hydrogen-bond donors (Lipinski definition) is 0. The van der Waals surface area contributed by atoms with E-state index in [9.17, 15) is 9.18 Å². The number of aromatic nitrogens is 2. The normalized spacial score (nSPS) is 11.5. The second-order valence-electron chi connectivity index (χ2n) is 7.91. The molecule has 174 valence electrons. The van der Waals surface area contributed by atoms with E-state index in [0.717, 1.165) is 4.47 Å². The maximum absolute atomic E-state index is 14.1. The van der Waals surface area contributed by atoms with Gasteiger partial charge in [0.2, 0.25) is 0 Å². The van der Waals surface area contributed by atoms with Gasteiger partial charge in [-0.3, -0.25) is 4.79 Å². The third-order valence-corrected chi connectivity index (χ3v) is 5.71. The minimum Gasteiger partial charge on any atom is -0.493 e. The monoisotopic (exact) mass is 523 g/mol. The summed E-state index contributed by atoms with van der Waals surface area (Å²) in [5.74, 6) is 1.01. The summed E-state index contributed by atoms with van der Waals surface area (Å²) < 4.78 is 27.6. The van der Waals surface area contributed by atoms with Crippen molar-refractivity contribution in [3.05, 3.63) is 98.3 Å². The number of fused-ring (bicyclic) bond motifs is 1. The Bertz CT molecular complexity index is 1430. The van der Waals surface area contributed by atoms with Crippen LogP contribution in [0.4, 0.5) is 4.39 Å². The minimum absolute atomic E-state index is 0.0106. The van der Waals surface area contributed by atoms with Gasteiger partial charge in [-0.25, -0.2) is 9.37 Å². The first-order valence-electron chi connectivity index (χ1n) is 10.7. The molecule has 1 heterocycles. The highest BCUT2D eigenvalue weighted by atomic mass is 79.9. The Balaban J connectivity index is 1.77. The van der Waals surface area contributed by atoms with Crippen LogP contribution in [-0.4, -0.2) is 23.0 Å². The van der Waals surface area contributed by atoms with Crippen LogP contribution in [0, 0.1) is 5.82 Å². The second-order valence-corrected chi connectivity index (χ2v) is 8.82. The summed E-state index contributed by atoms with van der Waals surface area (Å²) in [6.45, 7) is 3.91. The zero-order chi connectivity index (χ0) is 24.2. The van der Waals surface area contributed by atoms with E-state index >= 15 is 0 Å². The fourth-order valence-corrected chi connectivity index (χ4v) is 3.85. The summed E-state index contributed by atoms with van der Waals surface area (Å²) >= 11 is 3.41. The smallest absolute Gasteiger partial charge is 0.282 e. The predicted molar refractivity (Wildman–Crippen MR) is 135 cm³/mol. The lowest BCUT2D eigenvalue weighted by Gasteiger charge is -2.14. The van der Waals surface area contributed by atoms with Gasteiger partial charge in [-0.1, -0.05) is 54.0 Å². The number of halogens is 2. The molecule has 1 aromatic heterocycles. The van der Waals surface area contributed by atoms with Crippen LogP contribution in [0.3, 0.4) is 0 Å². The van der Waals surface area contributed by atoms with Gasteiger partial charge in [-0.15, -0.1) is 0 Å². The fourth-order valence-electron chi connectivity index (χ4n) is 3.49. The Morgan fingerprint density at radius 2 is 1.94 bits per heavy atom. The molecule has 0 aliphatic carbocycles. The molecule has 0 unspecified atom stereocenters. The third kappa shape index (κ3) is 4.87. The molecule has 0 radical (unpaired) electrons. The van der Waals surface area contributed by atoms with Crippen molar-refractivity contribution in [2.24, 2.45) is 5.10 Å². The molecule has 0 atom stereocenters. The van der Waals surface area contributed by atoms with Crippen LogP contribution >= 0.6 is 15.9 Å². The van der Waals surface area contributed by atoms with Crippen molar-refractivity contribution in [1.29, 1.82) is 0 Å². The molecule has 0 aliphatic rings. The highest BCUT2D eigenvalue weighted by Crippen LogP contribution is 2.31. The maximum Gasteiger partial charge on any atom is 0.282 e. The van der Waals surface area contributed by atoms with Gasteiger partial charge in [0.05, 0.1) is 24.2 Å². The van der Waals surface area contributed by atoms with E-state index < -0.39 is 0 Å². The van der Waals surface area contributed by atoms with Crippen LogP contribution in [0.2, 0.25) is 0 Å². The fraction of sp³-hybridized carbons (Fsp3) is 0.192. The molecule has 6 nitrogen and oxygen atoms in total. The Morgan fingerprint density at radius 1 is 1.15 bits per heavy atom. The first kappa shape index (κ1) is 23.6. The summed E-state index contributed by atoms with van der Waals surface area (Å²) in [5.41, 5.74) is 1.33. The molecule has 0 spiro atoms. The topological polar surface area (TPSA) is 65.7 Å².